The van der Waals surface area contributed by atoms with Crippen LogP contribution in [0.4, 0.5) is 0 Å². The molecule has 0 bridgehead atoms. The predicted molar refractivity (Wildman–Crippen MR) is 136 cm³/mol. The van der Waals surface area contributed by atoms with Crippen LogP contribution in [0.2, 0.25) is 0 Å². The number of esters is 1. The van der Waals surface area contributed by atoms with Gasteiger partial charge in [0.15, 0.2) is 0 Å². The van der Waals surface area contributed by atoms with Crippen LogP contribution in [0.1, 0.15) is 28.5 Å². The third-order valence-corrected chi connectivity index (χ3v) is 5.75. The molecule has 1 aromatic heterocycles. The fourth-order valence-electron chi connectivity index (χ4n) is 4.09. The summed E-state index contributed by atoms with van der Waals surface area (Å²) in [7, 11) is 3.25. The van der Waals surface area contributed by atoms with Gasteiger partial charge in [0.2, 0.25) is 0 Å². The first-order valence-electron chi connectivity index (χ1n) is 11.5. The van der Waals surface area contributed by atoms with Gasteiger partial charge in [0.05, 0.1) is 20.8 Å². The molecule has 0 aliphatic rings. The minimum Gasteiger partial charge on any atom is -0.497 e. The second-order valence-corrected chi connectivity index (χ2v) is 7.88. The molecule has 0 aliphatic heterocycles. The molecule has 0 N–H and O–H groups in total. The van der Waals surface area contributed by atoms with Crippen LogP contribution in [0, 0.1) is 6.92 Å². The number of rotatable bonds is 9. The second-order valence-electron chi connectivity index (χ2n) is 7.88. The van der Waals surface area contributed by atoms with E-state index in [0.717, 1.165) is 22.6 Å². The Morgan fingerprint density at radius 1 is 0.857 bits per heavy atom. The number of hydrogen-bond donors (Lipinski definition) is 0. The molecule has 6 nitrogen and oxygen atoms in total. The monoisotopic (exact) mass is 471 g/mol. The number of carbonyl (C=O) groups is 1. The normalized spacial score (nSPS) is 10.6. The van der Waals surface area contributed by atoms with Gasteiger partial charge < -0.3 is 18.9 Å². The molecule has 4 aromatic rings. The first-order chi connectivity index (χ1) is 17.1. The molecule has 0 atom stereocenters. The van der Waals surface area contributed by atoms with Crippen LogP contribution in [0.25, 0.3) is 16.9 Å². The molecule has 35 heavy (non-hydrogen) atoms. The Labute approximate surface area is 205 Å². The molecule has 1 heterocycles. The van der Waals surface area contributed by atoms with Crippen LogP contribution in [-0.2, 0) is 11.3 Å². The molecule has 0 aliphatic carbocycles. The fourth-order valence-corrected chi connectivity index (χ4v) is 4.09. The van der Waals surface area contributed by atoms with Crippen molar-refractivity contribution in [3.8, 4) is 34.2 Å². The van der Waals surface area contributed by atoms with Gasteiger partial charge in [0, 0.05) is 16.8 Å². The van der Waals surface area contributed by atoms with E-state index in [9.17, 15) is 4.79 Å². The van der Waals surface area contributed by atoms with Gasteiger partial charge in [0.1, 0.15) is 35.2 Å². The fraction of sp³-hybridized carbons (Fsp3) is 0.207. The molecular weight excluding hydrogens is 442 g/mol. The number of hydrogen-bond acceptors (Lipinski definition) is 5. The number of nitrogens with zero attached hydrogens (tertiary/aromatic N) is 1. The zero-order valence-electron chi connectivity index (χ0n) is 20.4. The van der Waals surface area contributed by atoms with Crippen LogP contribution in [0.3, 0.4) is 0 Å². The lowest BCUT2D eigenvalue weighted by atomic mass is 10.1. The van der Waals surface area contributed by atoms with E-state index in [1.165, 1.54) is 0 Å². The lowest BCUT2D eigenvalue weighted by Crippen LogP contribution is -2.13. The smallest absolute Gasteiger partial charge is 0.355 e. The van der Waals surface area contributed by atoms with E-state index in [2.05, 4.69) is 0 Å². The molecule has 0 saturated heterocycles. The highest BCUT2D eigenvalue weighted by Gasteiger charge is 2.30. The summed E-state index contributed by atoms with van der Waals surface area (Å²) in [4.78, 5) is 13.3. The summed E-state index contributed by atoms with van der Waals surface area (Å²) in [5.74, 6) is 1.55. The van der Waals surface area contributed by atoms with Gasteiger partial charge >= 0.3 is 5.97 Å². The minimum atomic E-state index is -0.425. The molecule has 3 aromatic carbocycles. The number of aromatic nitrogens is 1. The Bertz CT molecular complexity index is 1290. The third-order valence-electron chi connectivity index (χ3n) is 5.75. The lowest BCUT2D eigenvalue weighted by molar-refractivity contribution is 0.0516. The zero-order valence-corrected chi connectivity index (χ0v) is 20.4. The lowest BCUT2D eigenvalue weighted by Gasteiger charge is -2.17. The Hall–Kier alpha value is -4.19. The SMILES string of the molecule is CCOC(=O)c1c(C)c(OCc2ccccc2)c(-c2ccccc2OC)n1-c1ccc(OC)cc1. The van der Waals surface area contributed by atoms with Crippen LogP contribution < -0.4 is 14.2 Å². The van der Waals surface area contributed by atoms with Crippen molar-refractivity contribution < 1.29 is 23.7 Å². The van der Waals surface area contributed by atoms with Crippen molar-refractivity contribution >= 4 is 5.97 Å². The van der Waals surface area contributed by atoms with Gasteiger partial charge in [-0.3, -0.25) is 4.57 Å². The maximum absolute atomic E-state index is 13.3. The molecule has 0 radical (unpaired) electrons. The van der Waals surface area contributed by atoms with Crippen molar-refractivity contribution in [3.63, 3.8) is 0 Å². The van der Waals surface area contributed by atoms with E-state index in [1.807, 2.05) is 90.4 Å². The van der Waals surface area contributed by atoms with E-state index < -0.39 is 5.97 Å². The Balaban J connectivity index is 1.99. The van der Waals surface area contributed by atoms with Gasteiger partial charge in [-0.15, -0.1) is 0 Å². The summed E-state index contributed by atoms with van der Waals surface area (Å²) in [5.41, 5.74) is 4.40. The van der Waals surface area contributed by atoms with Crippen molar-refractivity contribution in [1.29, 1.82) is 0 Å². The van der Waals surface area contributed by atoms with E-state index in [4.69, 9.17) is 18.9 Å². The summed E-state index contributed by atoms with van der Waals surface area (Å²) in [5, 5.41) is 0. The van der Waals surface area contributed by atoms with Crippen LogP contribution in [-0.4, -0.2) is 31.4 Å². The first-order valence-corrected chi connectivity index (χ1v) is 11.5. The number of methoxy groups -OCH3 is 2. The van der Waals surface area contributed by atoms with Crippen molar-refractivity contribution in [2.24, 2.45) is 0 Å². The summed E-state index contributed by atoms with van der Waals surface area (Å²) in [6.07, 6.45) is 0. The molecule has 0 saturated carbocycles. The highest BCUT2D eigenvalue weighted by atomic mass is 16.5. The highest BCUT2D eigenvalue weighted by molar-refractivity contribution is 5.95. The number of carbonyl (C=O) groups excluding carboxylic acids is 1. The van der Waals surface area contributed by atoms with Gasteiger partial charge in [-0.25, -0.2) is 4.79 Å². The van der Waals surface area contributed by atoms with Crippen molar-refractivity contribution in [2.75, 3.05) is 20.8 Å². The summed E-state index contributed by atoms with van der Waals surface area (Å²) in [6, 6.07) is 25.1. The Morgan fingerprint density at radius 3 is 2.20 bits per heavy atom. The molecule has 0 unspecified atom stereocenters. The summed E-state index contributed by atoms with van der Waals surface area (Å²) >= 11 is 0. The zero-order chi connectivity index (χ0) is 24.8. The van der Waals surface area contributed by atoms with Gasteiger partial charge in [-0.05, 0) is 55.8 Å². The average Bonchev–Trinajstić information content (AvgIpc) is 3.19. The van der Waals surface area contributed by atoms with Gasteiger partial charge in [0.25, 0.3) is 0 Å². The molecule has 6 heteroatoms. The number of benzene rings is 3. The quantitative estimate of drug-likeness (QED) is 0.271. The second kappa shape index (κ2) is 10.8. The van der Waals surface area contributed by atoms with Crippen LogP contribution >= 0.6 is 0 Å². The molecule has 180 valence electrons. The predicted octanol–water partition coefficient (Wildman–Crippen LogP) is 6.23. The van der Waals surface area contributed by atoms with Crippen molar-refractivity contribution in [2.45, 2.75) is 20.5 Å². The maximum Gasteiger partial charge on any atom is 0.355 e. The summed E-state index contributed by atoms with van der Waals surface area (Å²) < 4.78 is 24.8. The molecule has 0 spiro atoms. The van der Waals surface area contributed by atoms with E-state index >= 15 is 0 Å². The van der Waals surface area contributed by atoms with Gasteiger partial charge in [-0.2, -0.15) is 0 Å². The largest absolute Gasteiger partial charge is 0.497 e. The van der Waals surface area contributed by atoms with Gasteiger partial charge in [-0.1, -0.05) is 42.5 Å². The van der Waals surface area contributed by atoms with E-state index in [1.54, 1.807) is 21.1 Å². The van der Waals surface area contributed by atoms with Crippen molar-refractivity contribution in [3.05, 3.63) is 95.7 Å². The molecular formula is C29H29NO5. The van der Waals surface area contributed by atoms with E-state index in [0.29, 0.717) is 35.1 Å². The topological polar surface area (TPSA) is 58.9 Å². The molecule has 4 rings (SSSR count). The van der Waals surface area contributed by atoms with Crippen LogP contribution in [0.15, 0.2) is 78.9 Å². The minimum absolute atomic E-state index is 0.260. The molecule has 0 fully saturated rings. The molecule has 0 amide bonds. The average molecular weight is 472 g/mol. The van der Waals surface area contributed by atoms with E-state index in [-0.39, 0.29) is 6.61 Å². The summed E-state index contributed by atoms with van der Waals surface area (Å²) in [6.45, 7) is 4.28. The maximum atomic E-state index is 13.3. The Morgan fingerprint density at radius 2 is 1.54 bits per heavy atom. The Kier molecular flexibility index (Phi) is 7.41. The standard InChI is InChI=1S/C29H29NO5/c1-5-34-29(31)26-20(2)28(35-19-21-11-7-6-8-12-21)27(24-13-9-10-14-25(24)33-4)30(26)22-15-17-23(32-3)18-16-22/h6-18H,5,19H2,1-4H3. The van der Waals surface area contributed by atoms with Crippen molar-refractivity contribution in [1.82, 2.24) is 4.57 Å². The highest BCUT2D eigenvalue weighted by Crippen LogP contribution is 2.44. The number of ether oxygens (including phenoxy) is 4. The van der Waals surface area contributed by atoms with Crippen LogP contribution in [0.5, 0.6) is 17.2 Å². The first kappa shape index (κ1) is 24.0. The number of para-hydroxylation sites is 1. The third kappa shape index (κ3) is 4.87.